The number of sulfone groups is 1. The summed E-state index contributed by atoms with van der Waals surface area (Å²) in [7, 11) is -3.20. The van der Waals surface area contributed by atoms with Crippen LogP contribution in [0, 0.1) is 0 Å². The van der Waals surface area contributed by atoms with Gasteiger partial charge in [-0.1, -0.05) is 23.7 Å². The summed E-state index contributed by atoms with van der Waals surface area (Å²) < 4.78 is 24.8. The highest BCUT2D eigenvalue weighted by molar-refractivity contribution is 7.90. The number of rotatable bonds is 3. The minimum absolute atomic E-state index is 0.288. The highest BCUT2D eigenvalue weighted by Crippen LogP contribution is 2.24. The molecule has 0 amide bonds. The SMILES string of the molecule is CS(=O)(=O)c1ccc(-n2nccc2-c2ccc(Cl)cc2)cc1. The lowest BCUT2D eigenvalue weighted by Gasteiger charge is -2.08. The van der Waals surface area contributed by atoms with E-state index in [-0.39, 0.29) is 4.90 Å². The zero-order valence-electron chi connectivity index (χ0n) is 11.8. The highest BCUT2D eigenvalue weighted by Gasteiger charge is 2.10. The Balaban J connectivity index is 2.03. The van der Waals surface area contributed by atoms with E-state index in [1.807, 2.05) is 30.3 Å². The molecule has 2 aromatic carbocycles. The predicted molar refractivity (Wildman–Crippen MR) is 87.1 cm³/mol. The maximum atomic E-state index is 11.5. The van der Waals surface area contributed by atoms with Crippen molar-refractivity contribution in [3.05, 3.63) is 65.8 Å². The Labute approximate surface area is 133 Å². The van der Waals surface area contributed by atoms with E-state index in [0.29, 0.717) is 5.02 Å². The van der Waals surface area contributed by atoms with E-state index in [2.05, 4.69) is 5.10 Å². The normalized spacial score (nSPS) is 11.5. The van der Waals surface area contributed by atoms with Gasteiger partial charge < -0.3 is 0 Å². The van der Waals surface area contributed by atoms with Crippen LogP contribution in [0.2, 0.25) is 5.02 Å². The van der Waals surface area contributed by atoms with E-state index in [1.54, 1.807) is 35.1 Å². The van der Waals surface area contributed by atoms with Crippen molar-refractivity contribution >= 4 is 21.4 Å². The molecule has 0 saturated carbocycles. The molecule has 1 heterocycles. The smallest absolute Gasteiger partial charge is 0.175 e. The Morgan fingerprint density at radius 3 is 2.18 bits per heavy atom. The summed E-state index contributed by atoms with van der Waals surface area (Å²) in [6.07, 6.45) is 2.89. The standard InChI is InChI=1S/C16H13ClN2O2S/c1-22(20,21)15-8-6-14(7-9-15)19-16(10-11-18-19)12-2-4-13(17)5-3-12/h2-11H,1H3. The van der Waals surface area contributed by atoms with Crippen molar-refractivity contribution in [2.75, 3.05) is 6.26 Å². The summed E-state index contributed by atoms with van der Waals surface area (Å²) in [5.74, 6) is 0. The molecule has 112 valence electrons. The molecule has 0 unspecified atom stereocenters. The van der Waals surface area contributed by atoms with Gasteiger partial charge in [-0.05, 0) is 42.5 Å². The van der Waals surface area contributed by atoms with E-state index in [0.717, 1.165) is 16.9 Å². The van der Waals surface area contributed by atoms with Crippen molar-refractivity contribution in [1.82, 2.24) is 9.78 Å². The van der Waals surface area contributed by atoms with E-state index in [4.69, 9.17) is 11.6 Å². The van der Waals surface area contributed by atoms with E-state index in [1.165, 1.54) is 6.26 Å². The third kappa shape index (κ3) is 2.91. The second kappa shape index (κ2) is 5.59. The molecule has 0 aliphatic heterocycles. The van der Waals surface area contributed by atoms with Gasteiger partial charge in [0.1, 0.15) is 0 Å². The van der Waals surface area contributed by atoms with Crippen molar-refractivity contribution in [2.45, 2.75) is 4.90 Å². The van der Waals surface area contributed by atoms with Gasteiger partial charge in [0.15, 0.2) is 9.84 Å². The van der Waals surface area contributed by atoms with E-state index < -0.39 is 9.84 Å². The zero-order valence-corrected chi connectivity index (χ0v) is 13.3. The Hall–Kier alpha value is -2.11. The van der Waals surface area contributed by atoms with Crippen LogP contribution in [0.1, 0.15) is 0 Å². The molecule has 0 fully saturated rings. The summed E-state index contributed by atoms with van der Waals surface area (Å²) in [6.45, 7) is 0. The van der Waals surface area contributed by atoms with Gasteiger partial charge in [0, 0.05) is 16.8 Å². The number of hydrogen-bond donors (Lipinski definition) is 0. The van der Waals surface area contributed by atoms with Gasteiger partial charge in [-0.2, -0.15) is 5.10 Å². The molecule has 4 nitrogen and oxygen atoms in total. The fourth-order valence-corrected chi connectivity index (χ4v) is 2.94. The molecule has 0 saturated heterocycles. The molecule has 0 aliphatic rings. The Morgan fingerprint density at radius 2 is 1.59 bits per heavy atom. The van der Waals surface area contributed by atoms with Crippen LogP contribution in [0.25, 0.3) is 16.9 Å². The minimum Gasteiger partial charge on any atom is -0.233 e. The Kier molecular flexibility index (Phi) is 3.76. The second-order valence-electron chi connectivity index (χ2n) is 4.90. The van der Waals surface area contributed by atoms with Crippen LogP contribution in [0.4, 0.5) is 0 Å². The minimum atomic E-state index is -3.20. The molecule has 0 atom stereocenters. The van der Waals surface area contributed by atoms with Crippen molar-refractivity contribution in [3.63, 3.8) is 0 Å². The van der Waals surface area contributed by atoms with Gasteiger partial charge in [0.25, 0.3) is 0 Å². The van der Waals surface area contributed by atoms with Crippen LogP contribution < -0.4 is 0 Å². The fraction of sp³-hybridized carbons (Fsp3) is 0.0625. The quantitative estimate of drug-likeness (QED) is 0.736. The maximum Gasteiger partial charge on any atom is 0.175 e. The lowest BCUT2D eigenvalue weighted by Crippen LogP contribution is -2.01. The van der Waals surface area contributed by atoms with Crippen LogP contribution in [-0.4, -0.2) is 24.5 Å². The van der Waals surface area contributed by atoms with Crippen LogP contribution in [0.15, 0.2) is 65.7 Å². The van der Waals surface area contributed by atoms with Crippen LogP contribution in [0.3, 0.4) is 0 Å². The van der Waals surface area contributed by atoms with Gasteiger partial charge in [-0.15, -0.1) is 0 Å². The topological polar surface area (TPSA) is 52.0 Å². The third-order valence-corrected chi connectivity index (χ3v) is 4.67. The van der Waals surface area contributed by atoms with Crippen molar-refractivity contribution < 1.29 is 8.42 Å². The molecule has 3 aromatic rings. The molecule has 0 spiro atoms. The third-order valence-electron chi connectivity index (χ3n) is 3.29. The zero-order chi connectivity index (χ0) is 15.7. The van der Waals surface area contributed by atoms with Crippen LogP contribution in [-0.2, 0) is 9.84 Å². The van der Waals surface area contributed by atoms with Crippen LogP contribution in [0.5, 0.6) is 0 Å². The van der Waals surface area contributed by atoms with Crippen molar-refractivity contribution in [3.8, 4) is 16.9 Å². The first kappa shape index (κ1) is 14.8. The first-order valence-corrected chi connectivity index (χ1v) is 8.82. The number of benzene rings is 2. The van der Waals surface area contributed by atoms with Gasteiger partial charge in [-0.25, -0.2) is 13.1 Å². The van der Waals surface area contributed by atoms with Gasteiger partial charge >= 0.3 is 0 Å². The predicted octanol–water partition coefficient (Wildman–Crippen LogP) is 3.60. The lowest BCUT2D eigenvalue weighted by atomic mass is 10.1. The Bertz CT molecular complexity index is 898. The van der Waals surface area contributed by atoms with Gasteiger partial charge in [-0.3, -0.25) is 0 Å². The molecule has 0 aliphatic carbocycles. The molecular formula is C16H13ClN2O2S. The maximum absolute atomic E-state index is 11.5. The number of halogens is 1. The second-order valence-corrected chi connectivity index (χ2v) is 7.35. The summed E-state index contributed by atoms with van der Waals surface area (Å²) in [6, 6.07) is 16.0. The summed E-state index contributed by atoms with van der Waals surface area (Å²) >= 11 is 5.91. The highest BCUT2D eigenvalue weighted by atomic mass is 35.5. The summed E-state index contributed by atoms with van der Waals surface area (Å²) in [5, 5.41) is 4.98. The van der Waals surface area contributed by atoms with Gasteiger partial charge in [0.05, 0.1) is 22.5 Å². The molecule has 1 aromatic heterocycles. The first-order chi connectivity index (χ1) is 10.4. The number of nitrogens with zero attached hydrogens (tertiary/aromatic N) is 2. The number of aromatic nitrogens is 2. The van der Waals surface area contributed by atoms with E-state index in [9.17, 15) is 8.42 Å². The molecule has 3 rings (SSSR count). The Morgan fingerprint density at radius 1 is 0.955 bits per heavy atom. The molecule has 6 heteroatoms. The summed E-state index contributed by atoms with van der Waals surface area (Å²) in [4.78, 5) is 0.288. The molecule has 0 bridgehead atoms. The average Bonchev–Trinajstić information content (AvgIpc) is 2.97. The molecule has 0 radical (unpaired) electrons. The van der Waals surface area contributed by atoms with Gasteiger partial charge in [0.2, 0.25) is 0 Å². The van der Waals surface area contributed by atoms with Crippen molar-refractivity contribution in [2.24, 2.45) is 0 Å². The monoisotopic (exact) mass is 332 g/mol. The van der Waals surface area contributed by atoms with Crippen molar-refractivity contribution in [1.29, 1.82) is 0 Å². The lowest BCUT2D eigenvalue weighted by molar-refractivity contribution is 0.602. The fourth-order valence-electron chi connectivity index (χ4n) is 2.18. The first-order valence-electron chi connectivity index (χ1n) is 6.55. The average molecular weight is 333 g/mol. The van der Waals surface area contributed by atoms with E-state index >= 15 is 0 Å². The molecule has 0 N–H and O–H groups in total. The number of hydrogen-bond acceptors (Lipinski definition) is 3. The summed E-state index contributed by atoms with van der Waals surface area (Å²) in [5.41, 5.74) is 2.68. The molecular weight excluding hydrogens is 320 g/mol. The van der Waals surface area contributed by atoms with Crippen LogP contribution >= 0.6 is 11.6 Å². The largest absolute Gasteiger partial charge is 0.233 e. The molecule has 22 heavy (non-hydrogen) atoms.